The molecule has 0 radical (unpaired) electrons. The van der Waals surface area contributed by atoms with Crippen LogP contribution < -0.4 is 5.32 Å². The van der Waals surface area contributed by atoms with E-state index < -0.39 is 23.4 Å². The molecule has 0 aromatic heterocycles. The first kappa shape index (κ1) is 14.3. The monoisotopic (exact) mass is 261 g/mol. The average molecular weight is 261 g/mol. The van der Waals surface area contributed by atoms with Crippen LogP contribution in [-0.4, -0.2) is 46.2 Å². The number of carbonyl (C=O) groups excluding carboxylic acids is 1. The van der Waals surface area contributed by atoms with Crippen molar-refractivity contribution in [1.82, 2.24) is 5.32 Å². The van der Waals surface area contributed by atoms with Crippen molar-refractivity contribution in [3.63, 3.8) is 0 Å². The Balaban J connectivity index is 2.38. The Bertz CT molecular complexity index is 306. The maximum atomic E-state index is 11.7. The summed E-state index contributed by atoms with van der Waals surface area (Å²) in [6, 6.07) is 0. The fourth-order valence-corrected chi connectivity index (χ4v) is 2.60. The van der Waals surface area contributed by atoms with Crippen LogP contribution in [0.5, 0.6) is 0 Å². The molecule has 3 unspecified atom stereocenters. The van der Waals surface area contributed by atoms with Gasteiger partial charge in [-0.1, -0.05) is 0 Å². The number of nitrogens with one attached hydrogen (secondary N) is 1. The standard InChI is InChI=1S/C11H19NO4S/c1-11(16,6-17-2)5-12-9(13)7-3-4-8(7)10(14)15/h7-8,16H,3-6H2,1-2H3,(H,12,13)(H,14,15). The van der Waals surface area contributed by atoms with Crippen LogP contribution in [0.4, 0.5) is 0 Å². The number of hydrogen-bond acceptors (Lipinski definition) is 4. The molecule has 0 spiro atoms. The van der Waals surface area contributed by atoms with Crippen molar-refractivity contribution in [2.75, 3.05) is 18.6 Å². The Hall–Kier alpha value is -0.750. The van der Waals surface area contributed by atoms with Gasteiger partial charge in [-0.25, -0.2) is 0 Å². The first-order chi connectivity index (χ1) is 7.87. The number of carboxylic acids is 1. The number of amides is 1. The zero-order valence-electron chi connectivity index (χ0n) is 10.1. The number of carbonyl (C=O) groups is 2. The smallest absolute Gasteiger partial charge is 0.307 e. The number of rotatable bonds is 6. The van der Waals surface area contributed by atoms with E-state index in [2.05, 4.69) is 5.32 Å². The van der Waals surface area contributed by atoms with Crippen molar-refractivity contribution in [3.8, 4) is 0 Å². The van der Waals surface area contributed by atoms with Crippen molar-refractivity contribution >= 4 is 23.6 Å². The summed E-state index contributed by atoms with van der Waals surface area (Å²) in [7, 11) is 0. The summed E-state index contributed by atoms with van der Waals surface area (Å²) in [5.41, 5.74) is -0.947. The van der Waals surface area contributed by atoms with Crippen LogP contribution in [0.3, 0.4) is 0 Å². The largest absolute Gasteiger partial charge is 0.481 e. The van der Waals surface area contributed by atoms with Crippen molar-refractivity contribution in [3.05, 3.63) is 0 Å². The van der Waals surface area contributed by atoms with Crippen LogP contribution in [0.1, 0.15) is 19.8 Å². The molecule has 1 aliphatic rings. The molecule has 3 atom stereocenters. The normalized spacial score (nSPS) is 26.8. The molecule has 1 amide bonds. The van der Waals surface area contributed by atoms with Gasteiger partial charge in [-0.3, -0.25) is 9.59 Å². The molecule has 0 aromatic carbocycles. The van der Waals surface area contributed by atoms with Crippen LogP contribution in [0, 0.1) is 11.8 Å². The highest BCUT2D eigenvalue weighted by Gasteiger charge is 2.41. The number of aliphatic carboxylic acids is 1. The molecule has 0 saturated heterocycles. The highest BCUT2D eigenvalue weighted by atomic mass is 32.2. The van der Waals surface area contributed by atoms with Gasteiger partial charge in [0.05, 0.1) is 17.4 Å². The Morgan fingerprint density at radius 1 is 1.41 bits per heavy atom. The number of aliphatic hydroxyl groups is 1. The molecule has 1 fully saturated rings. The van der Waals surface area contributed by atoms with E-state index in [0.717, 1.165) is 0 Å². The Kier molecular flexibility index (Phi) is 4.82. The molecular weight excluding hydrogens is 242 g/mol. The van der Waals surface area contributed by atoms with Crippen molar-refractivity contribution in [2.24, 2.45) is 11.8 Å². The third-order valence-corrected chi connectivity index (χ3v) is 3.94. The lowest BCUT2D eigenvalue weighted by atomic mass is 9.73. The molecule has 1 rings (SSSR count). The van der Waals surface area contributed by atoms with Gasteiger partial charge in [0.2, 0.25) is 5.91 Å². The third-order valence-electron chi connectivity index (χ3n) is 3.03. The maximum absolute atomic E-state index is 11.7. The molecule has 0 bridgehead atoms. The second kappa shape index (κ2) is 5.73. The van der Waals surface area contributed by atoms with Gasteiger partial charge in [0.25, 0.3) is 0 Å². The van der Waals surface area contributed by atoms with Crippen LogP contribution in [-0.2, 0) is 9.59 Å². The zero-order chi connectivity index (χ0) is 13.1. The lowest BCUT2D eigenvalue weighted by Gasteiger charge is -2.33. The maximum Gasteiger partial charge on any atom is 0.307 e. The van der Waals surface area contributed by atoms with E-state index in [9.17, 15) is 14.7 Å². The highest BCUT2D eigenvalue weighted by molar-refractivity contribution is 7.98. The van der Waals surface area contributed by atoms with Crippen molar-refractivity contribution in [1.29, 1.82) is 0 Å². The van der Waals surface area contributed by atoms with E-state index in [-0.39, 0.29) is 12.5 Å². The number of thioether (sulfide) groups is 1. The van der Waals surface area contributed by atoms with Gasteiger partial charge >= 0.3 is 5.97 Å². The molecule has 0 heterocycles. The highest BCUT2D eigenvalue weighted by Crippen LogP contribution is 2.34. The molecular formula is C11H19NO4S. The van der Waals surface area contributed by atoms with Crippen molar-refractivity contribution < 1.29 is 19.8 Å². The van der Waals surface area contributed by atoms with Gasteiger partial charge in [0.1, 0.15) is 0 Å². The van der Waals surface area contributed by atoms with Gasteiger partial charge in [-0.2, -0.15) is 11.8 Å². The van der Waals surface area contributed by atoms with E-state index in [4.69, 9.17) is 5.11 Å². The van der Waals surface area contributed by atoms with E-state index in [1.165, 1.54) is 11.8 Å². The lowest BCUT2D eigenvalue weighted by Crippen LogP contribution is -2.49. The molecule has 0 aliphatic heterocycles. The minimum absolute atomic E-state index is 0.162. The summed E-state index contributed by atoms with van der Waals surface area (Å²) in [4.78, 5) is 22.5. The quantitative estimate of drug-likeness (QED) is 0.641. The summed E-state index contributed by atoms with van der Waals surface area (Å²) >= 11 is 1.50. The van der Waals surface area contributed by atoms with Crippen LogP contribution in [0.15, 0.2) is 0 Å². The zero-order valence-corrected chi connectivity index (χ0v) is 10.9. The minimum atomic E-state index is -0.947. The average Bonchev–Trinajstić information content (AvgIpc) is 2.12. The van der Waals surface area contributed by atoms with E-state index in [1.807, 2.05) is 6.26 Å². The van der Waals surface area contributed by atoms with E-state index in [0.29, 0.717) is 18.6 Å². The van der Waals surface area contributed by atoms with Gasteiger partial charge in [0.15, 0.2) is 0 Å². The summed E-state index contributed by atoms with van der Waals surface area (Å²) in [5, 5.41) is 21.3. The van der Waals surface area contributed by atoms with Crippen LogP contribution >= 0.6 is 11.8 Å². The molecule has 17 heavy (non-hydrogen) atoms. The number of carboxylic acid groups (broad SMARTS) is 1. The fraction of sp³-hybridized carbons (Fsp3) is 0.818. The lowest BCUT2D eigenvalue weighted by molar-refractivity contribution is -0.152. The summed E-state index contributed by atoms with van der Waals surface area (Å²) in [5.74, 6) is -1.63. The first-order valence-corrected chi connectivity index (χ1v) is 6.98. The Morgan fingerprint density at radius 2 is 2.00 bits per heavy atom. The second-order valence-electron chi connectivity index (χ2n) is 4.78. The molecule has 5 nitrogen and oxygen atoms in total. The summed E-state index contributed by atoms with van der Waals surface area (Å²) < 4.78 is 0. The topological polar surface area (TPSA) is 86.6 Å². The predicted molar refractivity (Wildman–Crippen MR) is 65.9 cm³/mol. The molecule has 1 saturated carbocycles. The predicted octanol–water partition coefficient (Wildman–Crippen LogP) is 0.327. The van der Waals surface area contributed by atoms with Crippen LogP contribution in [0.2, 0.25) is 0 Å². The van der Waals surface area contributed by atoms with Gasteiger partial charge in [0, 0.05) is 12.3 Å². The fourth-order valence-electron chi connectivity index (χ4n) is 1.88. The molecule has 1 aliphatic carbocycles. The van der Waals surface area contributed by atoms with E-state index in [1.54, 1.807) is 6.92 Å². The molecule has 0 aromatic rings. The summed E-state index contributed by atoms with van der Waals surface area (Å²) in [6.45, 7) is 1.81. The van der Waals surface area contributed by atoms with Gasteiger partial charge in [-0.15, -0.1) is 0 Å². The minimum Gasteiger partial charge on any atom is -0.481 e. The third kappa shape index (κ3) is 3.89. The first-order valence-electron chi connectivity index (χ1n) is 5.59. The molecule has 3 N–H and O–H groups in total. The SMILES string of the molecule is CSCC(C)(O)CNC(=O)C1CCC1C(=O)O. The van der Waals surface area contributed by atoms with E-state index >= 15 is 0 Å². The van der Waals surface area contributed by atoms with Crippen molar-refractivity contribution in [2.45, 2.75) is 25.4 Å². The molecule has 98 valence electrons. The second-order valence-corrected chi connectivity index (χ2v) is 5.64. The van der Waals surface area contributed by atoms with Crippen LogP contribution in [0.25, 0.3) is 0 Å². The van der Waals surface area contributed by atoms with Gasteiger partial charge in [-0.05, 0) is 26.0 Å². The molecule has 6 heteroatoms. The van der Waals surface area contributed by atoms with Gasteiger partial charge < -0.3 is 15.5 Å². The number of hydrogen-bond donors (Lipinski definition) is 3. The Labute approximate surface area is 105 Å². The Morgan fingerprint density at radius 3 is 2.41 bits per heavy atom. The summed E-state index contributed by atoms with van der Waals surface area (Å²) in [6.07, 6.45) is 3.06.